The highest BCUT2D eigenvalue weighted by molar-refractivity contribution is 5.80. The molecule has 4 rings (SSSR count). The lowest BCUT2D eigenvalue weighted by Crippen LogP contribution is -2.44. The summed E-state index contributed by atoms with van der Waals surface area (Å²) in [7, 11) is 0. The first-order valence-electron chi connectivity index (χ1n) is 10.1. The highest BCUT2D eigenvalue weighted by Gasteiger charge is 2.45. The zero-order valence-corrected chi connectivity index (χ0v) is 16.1. The molecular formula is C19H29N5O3. The number of aryl methyl sites for hydroxylation is 2. The average molecular weight is 375 g/mol. The predicted molar refractivity (Wildman–Crippen MR) is 97.9 cm³/mol. The Hall–Kier alpha value is -1.96. The van der Waals surface area contributed by atoms with Crippen molar-refractivity contribution in [2.45, 2.75) is 58.0 Å². The van der Waals surface area contributed by atoms with E-state index in [0.29, 0.717) is 25.1 Å². The van der Waals surface area contributed by atoms with Crippen LogP contribution in [0.3, 0.4) is 0 Å². The summed E-state index contributed by atoms with van der Waals surface area (Å²) in [6.45, 7) is 5.72. The number of rotatable bonds is 5. The number of carbonyl (C=O) groups is 2. The molecule has 1 spiro atoms. The van der Waals surface area contributed by atoms with Crippen LogP contribution >= 0.6 is 0 Å². The molecule has 1 aromatic heterocycles. The van der Waals surface area contributed by atoms with Gasteiger partial charge >= 0.3 is 0 Å². The number of piperidine rings is 1. The minimum atomic E-state index is 0.0489. The Balaban J connectivity index is 1.25. The third-order valence-corrected chi connectivity index (χ3v) is 6.24. The number of ether oxygens (including phenoxy) is 1. The second-order valence-electron chi connectivity index (χ2n) is 8.30. The van der Waals surface area contributed by atoms with Crippen molar-refractivity contribution < 1.29 is 14.3 Å². The minimum Gasteiger partial charge on any atom is -0.376 e. The number of aromatic nitrogens is 3. The molecule has 3 aliphatic rings. The van der Waals surface area contributed by atoms with Crippen LogP contribution in [0.15, 0.2) is 0 Å². The van der Waals surface area contributed by atoms with Gasteiger partial charge in [0.1, 0.15) is 5.82 Å². The van der Waals surface area contributed by atoms with Gasteiger partial charge in [-0.1, -0.05) is 0 Å². The fourth-order valence-corrected chi connectivity index (χ4v) is 4.63. The van der Waals surface area contributed by atoms with Crippen LogP contribution in [-0.4, -0.2) is 75.7 Å². The van der Waals surface area contributed by atoms with Crippen LogP contribution in [0.5, 0.6) is 0 Å². The number of hydrogen-bond donors (Lipinski definition) is 1. The molecular weight excluding hydrogens is 346 g/mol. The SMILES string of the molecule is Cc1nc(CCC(=O)N2CCC3(CC2)CC(=O)N(C[C@@H]2CCCO2)C3)n[nH]1. The van der Waals surface area contributed by atoms with Crippen molar-refractivity contribution in [3.8, 4) is 0 Å². The van der Waals surface area contributed by atoms with Gasteiger partial charge in [-0.3, -0.25) is 14.7 Å². The first-order valence-corrected chi connectivity index (χ1v) is 10.1. The van der Waals surface area contributed by atoms with E-state index < -0.39 is 0 Å². The van der Waals surface area contributed by atoms with E-state index in [1.165, 1.54) is 0 Å². The lowest BCUT2D eigenvalue weighted by molar-refractivity contribution is -0.133. The number of likely N-dealkylation sites (tertiary alicyclic amines) is 2. The van der Waals surface area contributed by atoms with Gasteiger partial charge in [-0.25, -0.2) is 4.98 Å². The lowest BCUT2D eigenvalue weighted by Gasteiger charge is -2.39. The predicted octanol–water partition coefficient (Wildman–Crippen LogP) is 1.07. The van der Waals surface area contributed by atoms with Crippen LogP contribution in [0.4, 0.5) is 0 Å². The monoisotopic (exact) mass is 375 g/mol. The van der Waals surface area contributed by atoms with Crippen LogP contribution in [-0.2, 0) is 20.7 Å². The van der Waals surface area contributed by atoms with Gasteiger partial charge in [-0.05, 0) is 32.6 Å². The van der Waals surface area contributed by atoms with Gasteiger partial charge in [-0.15, -0.1) is 0 Å². The standard InChI is InChI=1S/C19H29N5O3/c1-14-20-16(22-21-14)4-5-17(25)23-8-6-19(7-9-23)11-18(26)24(13-19)12-15-3-2-10-27-15/h15H,2-13H2,1H3,(H,20,21,22)/t15-/m0/s1. The van der Waals surface area contributed by atoms with Crippen molar-refractivity contribution >= 4 is 11.8 Å². The number of nitrogens with one attached hydrogen (secondary N) is 1. The summed E-state index contributed by atoms with van der Waals surface area (Å²) in [6, 6.07) is 0. The molecule has 0 radical (unpaired) electrons. The molecule has 1 atom stereocenters. The average Bonchev–Trinajstić information content (AvgIpc) is 3.37. The Morgan fingerprint density at radius 3 is 2.85 bits per heavy atom. The van der Waals surface area contributed by atoms with Crippen molar-refractivity contribution in [3.63, 3.8) is 0 Å². The highest BCUT2D eigenvalue weighted by atomic mass is 16.5. The molecule has 1 N–H and O–H groups in total. The zero-order valence-electron chi connectivity index (χ0n) is 16.1. The van der Waals surface area contributed by atoms with E-state index in [1.54, 1.807) is 0 Å². The highest BCUT2D eigenvalue weighted by Crippen LogP contribution is 2.41. The summed E-state index contributed by atoms with van der Waals surface area (Å²) in [5.41, 5.74) is 0.0489. The van der Waals surface area contributed by atoms with E-state index in [1.807, 2.05) is 16.7 Å². The summed E-state index contributed by atoms with van der Waals surface area (Å²) >= 11 is 0. The minimum absolute atomic E-state index is 0.0489. The zero-order chi connectivity index (χ0) is 18.9. The smallest absolute Gasteiger partial charge is 0.223 e. The maximum atomic E-state index is 12.5. The van der Waals surface area contributed by atoms with Crippen molar-refractivity contribution in [3.05, 3.63) is 11.6 Å². The number of H-pyrrole nitrogens is 1. The summed E-state index contributed by atoms with van der Waals surface area (Å²) < 4.78 is 5.69. The van der Waals surface area contributed by atoms with Gasteiger partial charge in [-0.2, -0.15) is 5.10 Å². The summed E-state index contributed by atoms with van der Waals surface area (Å²) in [5, 5.41) is 6.90. The van der Waals surface area contributed by atoms with Gasteiger partial charge in [0.2, 0.25) is 11.8 Å². The van der Waals surface area contributed by atoms with E-state index in [0.717, 1.165) is 64.3 Å². The molecule has 148 valence electrons. The summed E-state index contributed by atoms with van der Waals surface area (Å²) in [6.07, 6.45) is 5.82. The molecule has 2 amide bonds. The molecule has 0 bridgehead atoms. The number of aromatic amines is 1. The normalized spacial score (nSPS) is 24.9. The Labute approximate surface area is 159 Å². The molecule has 0 unspecified atom stereocenters. The molecule has 3 aliphatic heterocycles. The Morgan fingerprint density at radius 1 is 1.37 bits per heavy atom. The van der Waals surface area contributed by atoms with Gasteiger partial charge in [0.25, 0.3) is 0 Å². The third kappa shape index (κ3) is 4.15. The number of carbonyl (C=O) groups excluding carboxylic acids is 2. The molecule has 4 heterocycles. The van der Waals surface area contributed by atoms with Gasteiger partial charge < -0.3 is 14.5 Å². The first-order chi connectivity index (χ1) is 13.0. The molecule has 27 heavy (non-hydrogen) atoms. The fraction of sp³-hybridized carbons (Fsp3) is 0.789. The molecule has 3 fully saturated rings. The lowest BCUT2D eigenvalue weighted by atomic mass is 9.77. The van der Waals surface area contributed by atoms with Crippen molar-refractivity contribution in [2.24, 2.45) is 5.41 Å². The second-order valence-corrected chi connectivity index (χ2v) is 8.30. The van der Waals surface area contributed by atoms with Gasteiger partial charge in [0, 0.05) is 57.5 Å². The maximum Gasteiger partial charge on any atom is 0.223 e. The topological polar surface area (TPSA) is 91.4 Å². The van der Waals surface area contributed by atoms with Crippen molar-refractivity contribution in [2.75, 3.05) is 32.8 Å². The van der Waals surface area contributed by atoms with Gasteiger partial charge in [0.15, 0.2) is 5.82 Å². The molecule has 0 saturated carbocycles. The van der Waals surface area contributed by atoms with Crippen LogP contribution in [0, 0.1) is 12.3 Å². The van der Waals surface area contributed by atoms with Crippen molar-refractivity contribution in [1.29, 1.82) is 0 Å². The first kappa shape index (κ1) is 18.4. The summed E-state index contributed by atoms with van der Waals surface area (Å²) in [5.74, 6) is 1.88. The summed E-state index contributed by atoms with van der Waals surface area (Å²) in [4.78, 5) is 33.2. The molecule has 0 aromatic carbocycles. The van der Waals surface area contributed by atoms with E-state index in [-0.39, 0.29) is 23.3 Å². The maximum absolute atomic E-state index is 12.5. The largest absolute Gasteiger partial charge is 0.376 e. The van der Waals surface area contributed by atoms with Crippen molar-refractivity contribution in [1.82, 2.24) is 25.0 Å². The molecule has 8 heteroatoms. The van der Waals surface area contributed by atoms with E-state index in [9.17, 15) is 9.59 Å². The fourth-order valence-electron chi connectivity index (χ4n) is 4.63. The quantitative estimate of drug-likeness (QED) is 0.831. The second kappa shape index (κ2) is 7.58. The van der Waals surface area contributed by atoms with E-state index in [2.05, 4.69) is 15.2 Å². The molecule has 1 aromatic rings. The van der Waals surface area contributed by atoms with E-state index >= 15 is 0 Å². The number of nitrogens with zero attached hydrogens (tertiary/aromatic N) is 4. The van der Waals surface area contributed by atoms with E-state index in [4.69, 9.17) is 4.74 Å². The Bertz CT molecular complexity index is 689. The molecule has 0 aliphatic carbocycles. The van der Waals surface area contributed by atoms with Crippen LogP contribution in [0.1, 0.15) is 50.2 Å². The Morgan fingerprint density at radius 2 is 2.19 bits per heavy atom. The van der Waals surface area contributed by atoms with Gasteiger partial charge in [0.05, 0.1) is 6.10 Å². The molecule has 8 nitrogen and oxygen atoms in total. The van der Waals surface area contributed by atoms with Crippen LogP contribution in [0.25, 0.3) is 0 Å². The Kier molecular flexibility index (Phi) is 5.16. The number of hydrogen-bond acceptors (Lipinski definition) is 5. The van der Waals surface area contributed by atoms with Crippen LogP contribution in [0.2, 0.25) is 0 Å². The number of amides is 2. The van der Waals surface area contributed by atoms with Crippen LogP contribution < -0.4 is 0 Å². The third-order valence-electron chi connectivity index (χ3n) is 6.24. The molecule has 3 saturated heterocycles.